The second kappa shape index (κ2) is 9.34. The number of aromatic nitrogens is 1. The van der Waals surface area contributed by atoms with E-state index in [0.717, 1.165) is 31.4 Å². The Labute approximate surface area is 199 Å². The lowest BCUT2D eigenvalue weighted by molar-refractivity contribution is -0.272. The molecule has 0 spiro atoms. The van der Waals surface area contributed by atoms with E-state index >= 15 is 0 Å². The molecule has 1 aliphatic rings. The van der Waals surface area contributed by atoms with Crippen molar-refractivity contribution in [2.45, 2.75) is 49.6 Å². The third-order valence-electron chi connectivity index (χ3n) is 6.06. The SMILES string of the molecule is CCOc1c([C@@H]2[C@@H](C(=O)Nc3ccnc([S@](C)(=N)=O)c3)O[C@](C)(C(F)(F)F)[C@@H]2C)ccc(F)c1F. The molecule has 1 fully saturated rings. The fourth-order valence-corrected chi connectivity index (χ4v) is 4.65. The monoisotopic (exact) mass is 521 g/mol. The predicted octanol–water partition coefficient (Wildman–Crippen LogP) is 4.87. The number of carbonyl (C=O) groups is 1. The standard InChI is InChI=1S/C22H24F5N3O4S/c1-5-33-18-13(6-7-14(23)17(18)24)16-11(2)21(3,22(25,26)27)34-19(16)20(31)30-12-8-9-29-15(10-12)35(4,28)32/h6-11,16,19,28H,5H2,1-4H3,(H,29,30,31)/t11-,16-,19+,21+,35-/m1/s1. The number of benzene rings is 1. The first-order valence-corrected chi connectivity index (χ1v) is 12.4. The highest BCUT2D eigenvalue weighted by atomic mass is 32.2. The molecule has 0 radical (unpaired) electrons. The molecular formula is C22H24F5N3O4S. The van der Waals surface area contributed by atoms with E-state index in [9.17, 15) is 31.0 Å². The second-order valence-corrected chi connectivity index (χ2v) is 10.5. The van der Waals surface area contributed by atoms with Crippen molar-refractivity contribution in [2.24, 2.45) is 5.92 Å². The van der Waals surface area contributed by atoms with Crippen LogP contribution in [0.25, 0.3) is 0 Å². The van der Waals surface area contributed by atoms with Crippen LogP contribution in [0.2, 0.25) is 0 Å². The number of hydrogen-bond donors (Lipinski definition) is 2. The van der Waals surface area contributed by atoms with Gasteiger partial charge in [0.25, 0.3) is 5.91 Å². The minimum atomic E-state index is -4.90. The fraction of sp³-hybridized carbons (Fsp3) is 0.455. The highest BCUT2D eigenvalue weighted by molar-refractivity contribution is 7.91. The van der Waals surface area contributed by atoms with Crippen molar-refractivity contribution >= 4 is 21.3 Å². The highest BCUT2D eigenvalue weighted by Gasteiger charge is 2.65. The van der Waals surface area contributed by atoms with Gasteiger partial charge in [-0.05, 0) is 32.0 Å². The molecule has 2 heterocycles. The lowest BCUT2D eigenvalue weighted by Crippen LogP contribution is -2.47. The largest absolute Gasteiger partial charge is 0.490 e. The fourth-order valence-electron chi connectivity index (χ4n) is 4.04. The Morgan fingerprint density at radius 3 is 2.54 bits per heavy atom. The van der Waals surface area contributed by atoms with E-state index in [4.69, 9.17) is 14.3 Å². The van der Waals surface area contributed by atoms with Crippen molar-refractivity contribution in [3.63, 3.8) is 0 Å². The van der Waals surface area contributed by atoms with Gasteiger partial charge < -0.3 is 14.8 Å². The van der Waals surface area contributed by atoms with Gasteiger partial charge in [0.2, 0.25) is 5.82 Å². The maximum absolute atomic E-state index is 14.6. The topological polar surface area (TPSA) is 101 Å². The molecule has 0 bridgehead atoms. The summed E-state index contributed by atoms with van der Waals surface area (Å²) in [7, 11) is -3.24. The van der Waals surface area contributed by atoms with Crippen molar-refractivity contribution in [2.75, 3.05) is 18.2 Å². The Bertz CT molecular complexity index is 1240. The molecule has 5 atom stereocenters. The third kappa shape index (κ3) is 4.96. The summed E-state index contributed by atoms with van der Waals surface area (Å²) in [5, 5.41) is 2.25. The molecular weight excluding hydrogens is 497 g/mol. The molecule has 1 amide bonds. The van der Waals surface area contributed by atoms with Gasteiger partial charge in [0, 0.05) is 35.5 Å². The summed E-state index contributed by atoms with van der Waals surface area (Å²) in [5.41, 5.74) is -2.92. The average Bonchev–Trinajstić information content (AvgIpc) is 3.03. The summed E-state index contributed by atoms with van der Waals surface area (Å²) >= 11 is 0. The molecule has 0 aliphatic carbocycles. The van der Waals surface area contributed by atoms with Crippen molar-refractivity contribution in [3.05, 3.63) is 47.7 Å². The van der Waals surface area contributed by atoms with Crippen molar-refractivity contribution in [1.29, 1.82) is 4.78 Å². The van der Waals surface area contributed by atoms with Crippen LogP contribution >= 0.6 is 0 Å². The Morgan fingerprint density at radius 1 is 1.31 bits per heavy atom. The van der Waals surface area contributed by atoms with Gasteiger partial charge in [-0.3, -0.25) is 4.79 Å². The summed E-state index contributed by atoms with van der Waals surface area (Å²) < 4.78 is 101. The van der Waals surface area contributed by atoms with Crippen LogP contribution in [-0.2, 0) is 19.3 Å². The van der Waals surface area contributed by atoms with Crippen LogP contribution in [0.15, 0.2) is 35.5 Å². The van der Waals surface area contributed by atoms with Gasteiger partial charge >= 0.3 is 6.18 Å². The second-order valence-electron chi connectivity index (χ2n) is 8.39. The van der Waals surface area contributed by atoms with Gasteiger partial charge in [0.05, 0.1) is 16.3 Å². The number of rotatable bonds is 6. The van der Waals surface area contributed by atoms with Crippen molar-refractivity contribution in [1.82, 2.24) is 4.98 Å². The first-order chi connectivity index (χ1) is 16.1. The van der Waals surface area contributed by atoms with Gasteiger partial charge in [0.1, 0.15) is 11.1 Å². The molecule has 1 saturated heterocycles. The Morgan fingerprint density at radius 2 is 1.97 bits per heavy atom. The quantitative estimate of drug-likeness (QED) is 0.528. The van der Waals surface area contributed by atoms with Gasteiger partial charge in [-0.1, -0.05) is 13.0 Å². The van der Waals surface area contributed by atoms with E-state index in [1.54, 1.807) is 0 Å². The maximum Gasteiger partial charge on any atom is 0.417 e. The summed E-state index contributed by atoms with van der Waals surface area (Å²) in [5.74, 6) is -7.02. The minimum absolute atomic E-state index is 0.0211. The van der Waals surface area contributed by atoms with E-state index in [2.05, 4.69) is 10.3 Å². The molecule has 7 nitrogen and oxygen atoms in total. The number of alkyl halides is 3. The normalized spacial score (nSPS) is 26.3. The summed E-state index contributed by atoms with van der Waals surface area (Å²) in [6.45, 7) is 3.38. The molecule has 2 N–H and O–H groups in total. The molecule has 0 saturated carbocycles. The lowest BCUT2D eigenvalue weighted by atomic mass is 9.77. The Hall–Kier alpha value is -2.80. The van der Waals surface area contributed by atoms with Gasteiger partial charge in [-0.25, -0.2) is 18.4 Å². The third-order valence-corrected chi connectivity index (χ3v) is 7.08. The number of halogens is 5. The van der Waals surface area contributed by atoms with Gasteiger partial charge in [-0.2, -0.15) is 17.6 Å². The van der Waals surface area contributed by atoms with Crippen LogP contribution < -0.4 is 10.1 Å². The summed E-state index contributed by atoms with van der Waals surface area (Å²) in [4.78, 5) is 17.0. The van der Waals surface area contributed by atoms with E-state index in [-0.39, 0.29) is 22.9 Å². The molecule has 2 aromatic rings. The molecule has 0 unspecified atom stereocenters. The maximum atomic E-state index is 14.6. The molecule has 1 aromatic carbocycles. The Balaban J connectivity index is 2.10. The zero-order valence-corrected chi connectivity index (χ0v) is 20.0. The van der Waals surface area contributed by atoms with Crippen LogP contribution in [0.5, 0.6) is 5.75 Å². The van der Waals surface area contributed by atoms with Crippen molar-refractivity contribution in [3.8, 4) is 5.75 Å². The Kier molecular flexibility index (Phi) is 7.15. The smallest absolute Gasteiger partial charge is 0.417 e. The van der Waals surface area contributed by atoms with Gasteiger partial charge in [-0.15, -0.1) is 0 Å². The van der Waals surface area contributed by atoms with E-state index in [1.165, 1.54) is 26.1 Å². The molecule has 13 heteroatoms. The minimum Gasteiger partial charge on any atom is -0.490 e. The number of pyridine rings is 1. The number of hydrogen-bond acceptors (Lipinski definition) is 6. The number of amides is 1. The zero-order valence-electron chi connectivity index (χ0n) is 19.2. The van der Waals surface area contributed by atoms with Crippen LogP contribution in [0.1, 0.15) is 32.3 Å². The van der Waals surface area contributed by atoms with Crippen LogP contribution in [0, 0.1) is 22.3 Å². The summed E-state index contributed by atoms with van der Waals surface area (Å²) in [6.07, 6.45) is -4.38. The molecule has 35 heavy (non-hydrogen) atoms. The predicted molar refractivity (Wildman–Crippen MR) is 117 cm³/mol. The van der Waals surface area contributed by atoms with E-state index in [1.807, 2.05) is 0 Å². The number of carbonyl (C=O) groups excluding carboxylic acids is 1. The molecule has 1 aliphatic heterocycles. The number of ether oxygens (including phenoxy) is 2. The number of nitrogens with zero attached hydrogens (tertiary/aromatic N) is 1. The molecule has 192 valence electrons. The van der Waals surface area contributed by atoms with Crippen molar-refractivity contribution < 1.29 is 40.4 Å². The van der Waals surface area contributed by atoms with E-state index < -0.39 is 62.7 Å². The van der Waals surface area contributed by atoms with Gasteiger partial charge in [0.15, 0.2) is 17.2 Å². The average molecular weight is 522 g/mol. The summed E-state index contributed by atoms with van der Waals surface area (Å²) in [6, 6.07) is 4.28. The van der Waals surface area contributed by atoms with E-state index in [0.29, 0.717) is 0 Å². The van der Waals surface area contributed by atoms with Crippen LogP contribution in [0.3, 0.4) is 0 Å². The number of nitrogens with one attached hydrogen (secondary N) is 2. The zero-order chi connectivity index (χ0) is 26.3. The first-order valence-electron chi connectivity index (χ1n) is 10.5. The first kappa shape index (κ1) is 26.8. The van der Waals surface area contributed by atoms with Crippen LogP contribution in [-0.4, -0.2) is 45.8 Å². The lowest BCUT2D eigenvalue weighted by Gasteiger charge is -2.32. The highest BCUT2D eigenvalue weighted by Crippen LogP contribution is 2.55. The molecule has 1 aromatic heterocycles. The molecule has 3 rings (SSSR count). The van der Waals surface area contributed by atoms with Crippen LogP contribution in [0.4, 0.5) is 27.6 Å². The number of anilines is 1.